The van der Waals surface area contributed by atoms with Crippen molar-refractivity contribution in [3.05, 3.63) is 0 Å². The molecular formula is C9H20N2O. The molecule has 0 radical (unpaired) electrons. The van der Waals surface area contributed by atoms with E-state index in [1.54, 1.807) is 0 Å². The Morgan fingerprint density at radius 3 is 2.33 bits per heavy atom. The Morgan fingerprint density at radius 2 is 1.92 bits per heavy atom. The van der Waals surface area contributed by atoms with E-state index in [0.717, 1.165) is 19.6 Å². The fraction of sp³-hybridized carbons (Fsp3) is 1.00. The number of nitrogens with two attached hydrogens (primary N) is 1. The molecule has 72 valence electrons. The minimum absolute atomic E-state index is 0.350. The van der Waals surface area contributed by atoms with Crippen LogP contribution in [0.1, 0.15) is 20.8 Å². The Balaban J connectivity index is 2.43. The second-order valence-electron chi connectivity index (χ2n) is 3.80. The summed E-state index contributed by atoms with van der Waals surface area (Å²) < 4.78 is 5.63. The molecule has 1 aliphatic rings. The highest BCUT2D eigenvalue weighted by Crippen LogP contribution is 2.12. The van der Waals surface area contributed by atoms with Gasteiger partial charge < -0.3 is 10.5 Å². The van der Waals surface area contributed by atoms with E-state index < -0.39 is 0 Å². The van der Waals surface area contributed by atoms with Crippen molar-refractivity contribution in [1.29, 1.82) is 0 Å². The zero-order valence-electron chi connectivity index (χ0n) is 8.29. The second-order valence-corrected chi connectivity index (χ2v) is 3.80. The largest absolute Gasteiger partial charge is 0.373 e. The van der Waals surface area contributed by atoms with E-state index >= 15 is 0 Å². The summed E-state index contributed by atoms with van der Waals surface area (Å²) in [6.07, 6.45) is 0.700. The molecule has 1 fully saturated rings. The highest BCUT2D eigenvalue weighted by molar-refractivity contribution is 4.77. The number of hydrogen-bond donors (Lipinski definition) is 1. The van der Waals surface area contributed by atoms with Gasteiger partial charge in [-0.2, -0.15) is 0 Å². The molecule has 0 amide bonds. The van der Waals surface area contributed by atoms with Crippen LogP contribution in [0.2, 0.25) is 0 Å². The van der Waals surface area contributed by atoms with Gasteiger partial charge in [-0.15, -0.1) is 0 Å². The SMILES string of the molecule is C[C@@H]1CN([C@@H](C)CN)C[C@H](C)O1. The molecule has 1 aliphatic heterocycles. The molecule has 1 rings (SSSR count). The molecule has 0 bridgehead atoms. The molecule has 0 unspecified atom stereocenters. The molecule has 0 aromatic heterocycles. The number of ether oxygens (including phenoxy) is 1. The van der Waals surface area contributed by atoms with Crippen LogP contribution >= 0.6 is 0 Å². The smallest absolute Gasteiger partial charge is 0.0678 e. The minimum Gasteiger partial charge on any atom is -0.373 e. The first-order valence-corrected chi connectivity index (χ1v) is 4.73. The Labute approximate surface area is 74.9 Å². The fourth-order valence-electron chi connectivity index (χ4n) is 1.73. The Kier molecular flexibility index (Phi) is 3.50. The summed E-state index contributed by atoms with van der Waals surface area (Å²) in [7, 11) is 0. The highest BCUT2D eigenvalue weighted by Gasteiger charge is 2.24. The first-order chi connectivity index (χ1) is 5.63. The predicted molar refractivity (Wildman–Crippen MR) is 50.1 cm³/mol. The van der Waals surface area contributed by atoms with Gasteiger partial charge in [0, 0.05) is 25.7 Å². The molecule has 3 atom stereocenters. The number of rotatable bonds is 2. The Hall–Kier alpha value is -0.120. The van der Waals surface area contributed by atoms with E-state index in [2.05, 4.69) is 25.7 Å². The monoisotopic (exact) mass is 172 g/mol. The van der Waals surface area contributed by atoms with Crippen LogP contribution in [-0.4, -0.2) is 42.8 Å². The molecule has 3 heteroatoms. The number of nitrogens with zero attached hydrogens (tertiary/aromatic N) is 1. The molecule has 2 N–H and O–H groups in total. The maximum Gasteiger partial charge on any atom is 0.0678 e. The van der Waals surface area contributed by atoms with E-state index in [4.69, 9.17) is 10.5 Å². The molecule has 3 nitrogen and oxygen atoms in total. The van der Waals surface area contributed by atoms with Crippen molar-refractivity contribution in [3.63, 3.8) is 0 Å². The average Bonchev–Trinajstić information content (AvgIpc) is 2.01. The van der Waals surface area contributed by atoms with Crippen LogP contribution < -0.4 is 5.73 Å². The Morgan fingerprint density at radius 1 is 1.42 bits per heavy atom. The molecule has 0 aliphatic carbocycles. The summed E-state index contributed by atoms with van der Waals surface area (Å²) in [5.41, 5.74) is 5.61. The van der Waals surface area contributed by atoms with Crippen LogP contribution in [0, 0.1) is 0 Å². The molecular weight excluding hydrogens is 152 g/mol. The normalized spacial score (nSPS) is 35.0. The minimum atomic E-state index is 0.350. The van der Waals surface area contributed by atoms with Gasteiger partial charge in [0.1, 0.15) is 0 Å². The van der Waals surface area contributed by atoms with Crippen LogP contribution in [0.3, 0.4) is 0 Å². The Bertz CT molecular complexity index is 130. The van der Waals surface area contributed by atoms with Crippen molar-refractivity contribution in [1.82, 2.24) is 4.90 Å². The summed E-state index contributed by atoms with van der Waals surface area (Å²) in [5, 5.41) is 0. The summed E-state index contributed by atoms with van der Waals surface area (Å²) in [6.45, 7) is 9.17. The van der Waals surface area contributed by atoms with Gasteiger partial charge in [-0.25, -0.2) is 0 Å². The van der Waals surface area contributed by atoms with Crippen LogP contribution in [0.25, 0.3) is 0 Å². The molecule has 0 aromatic rings. The molecule has 1 saturated heterocycles. The van der Waals surface area contributed by atoms with Crippen LogP contribution in [-0.2, 0) is 4.74 Å². The second kappa shape index (κ2) is 4.21. The van der Waals surface area contributed by atoms with Crippen molar-refractivity contribution in [2.45, 2.75) is 39.0 Å². The van der Waals surface area contributed by atoms with Crippen molar-refractivity contribution in [3.8, 4) is 0 Å². The number of morpholine rings is 1. The average molecular weight is 172 g/mol. The summed E-state index contributed by atoms with van der Waals surface area (Å²) in [4.78, 5) is 2.40. The summed E-state index contributed by atoms with van der Waals surface area (Å²) in [6, 6.07) is 0.485. The van der Waals surface area contributed by atoms with E-state index in [-0.39, 0.29) is 0 Å². The fourth-order valence-corrected chi connectivity index (χ4v) is 1.73. The lowest BCUT2D eigenvalue weighted by Crippen LogP contribution is -2.51. The maximum atomic E-state index is 5.63. The standard InChI is InChI=1S/C9H20N2O/c1-7(4-10)11-5-8(2)12-9(3)6-11/h7-9H,4-6,10H2,1-3H3/t7-,8-,9+/m0/s1. The van der Waals surface area contributed by atoms with E-state index in [1.807, 2.05) is 0 Å². The zero-order chi connectivity index (χ0) is 9.14. The van der Waals surface area contributed by atoms with Crippen molar-refractivity contribution in [2.24, 2.45) is 5.73 Å². The predicted octanol–water partition coefficient (Wildman–Crippen LogP) is 0.443. The third-order valence-electron chi connectivity index (χ3n) is 2.41. The lowest BCUT2D eigenvalue weighted by atomic mass is 10.2. The van der Waals surface area contributed by atoms with Gasteiger partial charge in [-0.1, -0.05) is 0 Å². The first kappa shape index (κ1) is 9.96. The van der Waals surface area contributed by atoms with Gasteiger partial charge in [0.15, 0.2) is 0 Å². The van der Waals surface area contributed by atoms with Crippen molar-refractivity contribution >= 4 is 0 Å². The lowest BCUT2D eigenvalue weighted by molar-refractivity contribution is -0.0773. The summed E-state index contributed by atoms with van der Waals surface area (Å²) >= 11 is 0. The van der Waals surface area contributed by atoms with Gasteiger partial charge >= 0.3 is 0 Å². The van der Waals surface area contributed by atoms with Gasteiger partial charge in [-0.3, -0.25) is 4.90 Å². The molecule has 0 spiro atoms. The van der Waals surface area contributed by atoms with Crippen molar-refractivity contribution in [2.75, 3.05) is 19.6 Å². The third-order valence-corrected chi connectivity index (χ3v) is 2.41. The molecule has 0 saturated carbocycles. The quantitative estimate of drug-likeness (QED) is 0.657. The maximum absolute atomic E-state index is 5.63. The van der Waals surface area contributed by atoms with Gasteiger partial charge in [-0.05, 0) is 20.8 Å². The summed E-state index contributed by atoms with van der Waals surface area (Å²) in [5.74, 6) is 0. The van der Waals surface area contributed by atoms with Crippen molar-refractivity contribution < 1.29 is 4.74 Å². The van der Waals surface area contributed by atoms with E-state index in [9.17, 15) is 0 Å². The first-order valence-electron chi connectivity index (χ1n) is 4.73. The van der Waals surface area contributed by atoms with Gasteiger partial charge in [0.05, 0.1) is 12.2 Å². The number of hydrogen-bond acceptors (Lipinski definition) is 3. The van der Waals surface area contributed by atoms with Crippen LogP contribution in [0.4, 0.5) is 0 Å². The van der Waals surface area contributed by atoms with Gasteiger partial charge in [0.2, 0.25) is 0 Å². The molecule has 0 aromatic carbocycles. The topological polar surface area (TPSA) is 38.5 Å². The third kappa shape index (κ3) is 2.44. The molecule has 12 heavy (non-hydrogen) atoms. The van der Waals surface area contributed by atoms with Crippen LogP contribution in [0.5, 0.6) is 0 Å². The van der Waals surface area contributed by atoms with E-state index in [1.165, 1.54) is 0 Å². The van der Waals surface area contributed by atoms with Crippen LogP contribution in [0.15, 0.2) is 0 Å². The molecule has 1 heterocycles. The van der Waals surface area contributed by atoms with E-state index in [0.29, 0.717) is 18.2 Å². The highest BCUT2D eigenvalue weighted by atomic mass is 16.5. The van der Waals surface area contributed by atoms with Gasteiger partial charge in [0.25, 0.3) is 0 Å². The zero-order valence-corrected chi connectivity index (χ0v) is 8.29. The lowest BCUT2D eigenvalue weighted by Gasteiger charge is -2.38.